The predicted molar refractivity (Wildman–Crippen MR) is 84.1 cm³/mol. The van der Waals surface area contributed by atoms with E-state index in [1.54, 1.807) is 7.11 Å². The Morgan fingerprint density at radius 3 is 2.85 bits per heavy atom. The Bertz CT molecular complexity index is 580. The van der Waals surface area contributed by atoms with Crippen LogP contribution in [0.4, 0.5) is 0 Å². The molecule has 1 aromatic heterocycles. The van der Waals surface area contributed by atoms with Crippen LogP contribution in [0.5, 0.6) is 5.75 Å². The minimum Gasteiger partial charge on any atom is -0.496 e. The van der Waals surface area contributed by atoms with Gasteiger partial charge in [-0.3, -0.25) is 4.68 Å². The van der Waals surface area contributed by atoms with Gasteiger partial charge in [0.1, 0.15) is 5.75 Å². The van der Waals surface area contributed by atoms with Gasteiger partial charge >= 0.3 is 0 Å². The second-order valence-electron chi connectivity index (χ2n) is 4.69. The molecule has 5 heteroatoms. The Hall–Kier alpha value is -1.33. The molecule has 0 saturated heterocycles. The maximum Gasteiger partial charge on any atom is 0.133 e. The lowest BCUT2D eigenvalue weighted by atomic mass is 10.2. The lowest BCUT2D eigenvalue weighted by Gasteiger charge is -2.06. The number of nitrogens with one attached hydrogen (secondary N) is 1. The summed E-state index contributed by atoms with van der Waals surface area (Å²) in [6.45, 7) is 6.75. The van der Waals surface area contributed by atoms with Crippen LogP contribution in [0, 0.1) is 6.92 Å². The van der Waals surface area contributed by atoms with E-state index in [1.807, 2.05) is 17.7 Å². The number of hydrogen-bond donors (Lipinski definition) is 1. The molecule has 0 aliphatic heterocycles. The van der Waals surface area contributed by atoms with E-state index in [1.165, 1.54) is 11.1 Å². The maximum absolute atomic E-state index is 5.24. The van der Waals surface area contributed by atoms with Crippen molar-refractivity contribution in [1.29, 1.82) is 0 Å². The third-order valence-corrected chi connectivity index (χ3v) is 3.79. The summed E-state index contributed by atoms with van der Waals surface area (Å²) in [5.41, 5.74) is 3.52. The molecule has 0 bridgehead atoms. The highest BCUT2D eigenvalue weighted by atomic mass is 79.9. The van der Waals surface area contributed by atoms with Crippen molar-refractivity contribution in [3.63, 3.8) is 0 Å². The van der Waals surface area contributed by atoms with Gasteiger partial charge in [-0.25, -0.2) is 0 Å². The first-order chi connectivity index (χ1) is 9.63. The molecule has 0 radical (unpaired) electrons. The molecule has 0 saturated carbocycles. The number of benzene rings is 1. The van der Waals surface area contributed by atoms with Crippen LogP contribution >= 0.6 is 15.9 Å². The molecular weight excluding hydrogens is 318 g/mol. The molecule has 20 heavy (non-hydrogen) atoms. The van der Waals surface area contributed by atoms with Gasteiger partial charge in [-0.1, -0.05) is 13.0 Å². The van der Waals surface area contributed by atoms with Crippen molar-refractivity contribution in [2.75, 3.05) is 13.7 Å². The van der Waals surface area contributed by atoms with Crippen LogP contribution in [-0.4, -0.2) is 23.4 Å². The van der Waals surface area contributed by atoms with Crippen molar-refractivity contribution >= 4 is 15.9 Å². The van der Waals surface area contributed by atoms with Crippen molar-refractivity contribution in [2.24, 2.45) is 0 Å². The fraction of sp³-hybridized carbons (Fsp3) is 0.400. The monoisotopic (exact) mass is 337 g/mol. The average Bonchev–Trinajstić information content (AvgIpc) is 2.76. The first kappa shape index (κ1) is 15.1. The van der Waals surface area contributed by atoms with E-state index in [0.29, 0.717) is 0 Å². The van der Waals surface area contributed by atoms with Crippen LogP contribution in [0.25, 0.3) is 0 Å². The molecule has 1 heterocycles. The lowest BCUT2D eigenvalue weighted by molar-refractivity contribution is 0.412. The minimum absolute atomic E-state index is 0.759. The fourth-order valence-corrected chi connectivity index (χ4v) is 2.66. The van der Waals surface area contributed by atoms with E-state index < -0.39 is 0 Å². The quantitative estimate of drug-likeness (QED) is 0.880. The van der Waals surface area contributed by atoms with E-state index in [2.05, 4.69) is 51.6 Å². The Morgan fingerprint density at radius 2 is 2.20 bits per heavy atom. The average molecular weight is 338 g/mol. The van der Waals surface area contributed by atoms with Gasteiger partial charge in [0.15, 0.2) is 0 Å². The zero-order chi connectivity index (χ0) is 14.5. The summed E-state index contributed by atoms with van der Waals surface area (Å²) < 4.78 is 8.19. The molecule has 0 spiro atoms. The van der Waals surface area contributed by atoms with E-state index in [4.69, 9.17) is 4.74 Å². The zero-order valence-electron chi connectivity index (χ0n) is 12.1. The van der Waals surface area contributed by atoms with Crippen molar-refractivity contribution in [3.05, 3.63) is 45.7 Å². The summed E-state index contributed by atoms with van der Waals surface area (Å²) >= 11 is 3.51. The highest BCUT2D eigenvalue weighted by Crippen LogP contribution is 2.25. The molecular formula is C15H20BrN3O. The Kier molecular flexibility index (Phi) is 5.20. The summed E-state index contributed by atoms with van der Waals surface area (Å²) in [5.74, 6) is 0.846. The van der Waals surface area contributed by atoms with Crippen molar-refractivity contribution < 1.29 is 4.74 Å². The fourth-order valence-electron chi connectivity index (χ4n) is 2.07. The van der Waals surface area contributed by atoms with Gasteiger partial charge in [-0.05, 0) is 47.1 Å². The van der Waals surface area contributed by atoms with Crippen LogP contribution in [0.1, 0.15) is 23.7 Å². The van der Waals surface area contributed by atoms with Crippen molar-refractivity contribution in [2.45, 2.75) is 26.9 Å². The van der Waals surface area contributed by atoms with E-state index >= 15 is 0 Å². The molecule has 2 aromatic rings. The number of nitrogens with zero attached hydrogens (tertiary/aromatic N) is 2. The number of aromatic nitrogens is 2. The molecule has 0 aliphatic rings. The van der Waals surface area contributed by atoms with Crippen LogP contribution in [0.3, 0.4) is 0 Å². The normalized spacial score (nSPS) is 10.8. The van der Waals surface area contributed by atoms with Gasteiger partial charge in [0, 0.05) is 18.3 Å². The highest BCUT2D eigenvalue weighted by Gasteiger charge is 2.06. The largest absolute Gasteiger partial charge is 0.496 e. The van der Waals surface area contributed by atoms with Gasteiger partial charge < -0.3 is 10.1 Å². The molecule has 1 N–H and O–H groups in total. The molecule has 4 nitrogen and oxygen atoms in total. The van der Waals surface area contributed by atoms with Crippen molar-refractivity contribution in [3.8, 4) is 5.75 Å². The molecule has 0 aliphatic carbocycles. The number of rotatable bonds is 6. The van der Waals surface area contributed by atoms with Gasteiger partial charge in [0.05, 0.1) is 23.8 Å². The van der Waals surface area contributed by atoms with Crippen LogP contribution < -0.4 is 10.1 Å². The first-order valence-corrected chi connectivity index (χ1v) is 7.49. The molecule has 2 rings (SSSR count). The predicted octanol–water partition coefficient (Wildman–Crippen LogP) is 3.12. The lowest BCUT2D eigenvalue weighted by Crippen LogP contribution is -2.11. The second kappa shape index (κ2) is 6.90. The van der Waals surface area contributed by atoms with Gasteiger partial charge in [-0.15, -0.1) is 0 Å². The highest BCUT2D eigenvalue weighted by molar-refractivity contribution is 9.10. The first-order valence-electron chi connectivity index (χ1n) is 6.70. The topological polar surface area (TPSA) is 39.1 Å². The Balaban J connectivity index is 2.11. The summed E-state index contributed by atoms with van der Waals surface area (Å²) in [7, 11) is 1.67. The van der Waals surface area contributed by atoms with Crippen molar-refractivity contribution in [1.82, 2.24) is 15.1 Å². The molecule has 1 aromatic carbocycles. The Labute approximate surface area is 128 Å². The third-order valence-electron chi connectivity index (χ3n) is 3.17. The minimum atomic E-state index is 0.759. The second-order valence-corrected chi connectivity index (χ2v) is 5.54. The van der Waals surface area contributed by atoms with Crippen LogP contribution in [0.2, 0.25) is 0 Å². The van der Waals surface area contributed by atoms with Gasteiger partial charge in [-0.2, -0.15) is 5.10 Å². The summed E-state index contributed by atoms with van der Waals surface area (Å²) in [6.07, 6.45) is 2.11. The third kappa shape index (κ3) is 3.61. The smallest absolute Gasteiger partial charge is 0.133 e. The molecule has 0 atom stereocenters. The van der Waals surface area contributed by atoms with E-state index in [-0.39, 0.29) is 0 Å². The molecule has 0 amide bonds. The summed E-state index contributed by atoms with van der Waals surface area (Å²) in [5, 5.41) is 7.89. The van der Waals surface area contributed by atoms with Crippen LogP contribution in [0.15, 0.2) is 28.9 Å². The van der Waals surface area contributed by atoms with E-state index in [9.17, 15) is 0 Å². The molecule has 0 fully saturated rings. The zero-order valence-corrected chi connectivity index (χ0v) is 13.7. The number of ether oxygens (including phenoxy) is 1. The molecule has 108 valence electrons. The number of halogens is 1. The SMILES string of the molecule is CCNCc1cn(Cc2ccc(OC)c(Br)c2)nc1C. The molecule has 0 unspecified atom stereocenters. The van der Waals surface area contributed by atoms with Gasteiger partial charge in [0.25, 0.3) is 0 Å². The maximum atomic E-state index is 5.24. The van der Waals surface area contributed by atoms with Gasteiger partial charge in [0.2, 0.25) is 0 Å². The number of aryl methyl sites for hydroxylation is 1. The van der Waals surface area contributed by atoms with E-state index in [0.717, 1.165) is 35.6 Å². The standard InChI is InChI=1S/C15H20BrN3O/c1-4-17-8-13-10-19(18-11(13)2)9-12-5-6-15(20-3)14(16)7-12/h5-7,10,17H,4,8-9H2,1-3H3. The summed E-state index contributed by atoms with van der Waals surface area (Å²) in [4.78, 5) is 0. The number of methoxy groups -OCH3 is 1. The van der Waals surface area contributed by atoms with Crippen LogP contribution in [-0.2, 0) is 13.1 Å². The Morgan fingerprint density at radius 1 is 1.40 bits per heavy atom. The number of hydrogen-bond acceptors (Lipinski definition) is 3. The summed E-state index contributed by atoms with van der Waals surface area (Å²) in [6, 6.07) is 6.10.